The second kappa shape index (κ2) is 6.52. The van der Waals surface area contributed by atoms with Crippen molar-refractivity contribution in [2.75, 3.05) is 5.32 Å². The van der Waals surface area contributed by atoms with E-state index in [1.807, 2.05) is 73.0 Å². The number of hydrogen-bond donors (Lipinski definition) is 1. The molecule has 2 aromatic carbocycles. The van der Waals surface area contributed by atoms with Crippen LogP contribution in [0.5, 0.6) is 0 Å². The van der Waals surface area contributed by atoms with Crippen LogP contribution in [0, 0.1) is 13.8 Å². The van der Waals surface area contributed by atoms with Gasteiger partial charge >= 0.3 is 0 Å². The van der Waals surface area contributed by atoms with Gasteiger partial charge in [-0.05, 0) is 56.3 Å². The highest BCUT2D eigenvalue weighted by Crippen LogP contribution is 2.20. The minimum atomic E-state index is -0.381. The molecule has 0 fully saturated rings. The molecule has 0 saturated heterocycles. The normalized spacial score (nSPS) is 11.2. The third-order valence-corrected chi connectivity index (χ3v) is 4.68. The summed E-state index contributed by atoms with van der Waals surface area (Å²) >= 11 is 0. The fraction of sp³-hybridized carbons (Fsp3) is 0.0952. The molecule has 3 aromatic heterocycles. The zero-order chi connectivity index (χ0) is 20.0. The van der Waals surface area contributed by atoms with E-state index in [4.69, 9.17) is 0 Å². The maximum atomic E-state index is 12.6. The molecular weight excluding hydrogens is 366 g/mol. The van der Waals surface area contributed by atoms with Crippen molar-refractivity contribution in [1.29, 1.82) is 0 Å². The van der Waals surface area contributed by atoms with Crippen molar-refractivity contribution in [3.63, 3.8) is 0 Å². The fourth-order valence-electron chi connectivity index (χ4n) is 3.32. The van der Waals surface area contributed by atoms with Crippen LogP contribution in [-0.4, -0.2) is 35.0 Å². The number of aromatic nitrogens is 6. The molecule has 0 aliphatic rings. The Bertz CT molecular complexity index is 1370. The van der Waals surface area contributed by atoms with Crippen LogP contribution in [0.15, 0.2) is 60.9 Å². The molecule has 0 aliphatic carbocycles. The maximum absolute atomic E-state index is 12.6. The summed E-state index contributed by atoms with van der Waals surface area (Å²) in [7, 11) is 0. The average molecular weight is 383 g/mol. The number of amides is 1. The molecule has 1 amide bonds. The quantitative estimate of drug-likeness (QED) is 0.516. The highest BCUT2D eigenvalue weighted by molar-refractivity contribution is 6.01. The van der Waals surface area contributed by atoms with Crippen molar-refractivity contribution in [1.82, 2.24) is 29.1 Å². The van der Waals surface area contributed by atoms with Gasteiger partial charge in [0.25, 0.3) is 11.7 Å². The van der Waals surface area contributed by atoms with Crippen LogP contribution in [0.1, 0.15) is 22.0 Å². The molecule has 0 atom stereocenters. The number of nitrogens with zero attached hydrogens (tertiary/aromatic N) is 6. The molecule has 5 rings (SSSR count). The van der Waals surface area contributed by atoms with Gasteiger partial charge in [-0.3, -0.25) is 9.36 Å². The topological polar surface area (TPSA) is 90.0 Å². The lowest BCUT2D eigenvalue weighted by atomic mass is 10.2. The molecular formula is C21H17N7O. The van der Waals surface area contributed by atoms with E-state index in [-0.39, 0.29) is 11.7 Å². The van der Waals surface area contributed by atoms with Gasteiger partial charge in [0.2, 0.25) is 5.82 Å². The SMILES string of the molecule is Cc1cc(C)n2nc(C(=O)Nc3ccc(-n4cnc5ccccc54)cc3)nc2n1. The Kier molecular flexibility index (Phi) is 3.83. The third-order valence-electron chi connectivity index (χ3n) is 4.68. The van der Waals surface area contributed by atoms with Crippen LogP contribution in [0.25, 0.3) is 22.5 Å². The molecule has 0 bridgehead atoms. The summed E-state index contributed by atoms with van der Waals surface area (Å²) in [5.41, 5.74) is 5.27. The van der Waals surface area contributed by atoms with E-state index in [1.54, 1.807) is 10.8 Å². The zero-order valence-electron chi connectivity index (χ0n) is 15.9. The second-order valence-corrected chi connectivity index (χ2v) is 6.79. The molecule has 0 spiro atoms. The molecule has 3 heterocycles. The predicted molar refractivity (Wildman–Crippen MR) is 109 cm³/mol. The van der Waals surface area contributed by atoms with Crippen LogP contribution in [0.2, 0.25) is 0 Å². The van der Waals surface area contributed by atoms with Gasteiger partial charge in [0.05, 0.1) is 11.0 Å². The van der Waals surface area contributed by atoms with Crippen molar-refractivity contribution in [2.45, 2.75) is 13.8 Å². The molecule has 1 N–H and O–H groups in total. The summed E-state index contributed by atoms with van der Waals surface area (Å²) in [6.45, 7) is 3.78. The van der Waals surface area contributed by atoms with Gasteiger partial charge in [0.1, 0.15) is 6.33 Å². The van der Waals surface area contributed by atoms with Crippen molar-refractivity contribution in [3.05, 3.63) is 78.1 Å². The molecule has 0 unspecified atom stereocenters. The number of para-hydroxylation sites is 2. The Morgan fingerprint density at radius 1 is 1.00 bits per heavy atom. The summed E-state index contributed by atoms with van der Waals surface area (Å²) in [4.78, 5) is 25.5. The van der Waals surface area contributed by atoms with Crippen molar-refractivity contribution < 1.29 is 4.79 Å². The van der Waals surface area contributed by atoms with Gasteiger partial charge in [0, 0.05) is 22.8 Å². The number of imidazole rings is 1. The molecule has 29 heavy (non-hydrogen) atoms. The van der Waals surface area contributed by atoms with E-state index in [2.05, 4.69) is 25.4 Å². The Morgan fingerprint density at radius 2 is 1.79 bits per heavy atom. The van der Waals surface area contributed by atoms with Gasteiger partial charge in [-0.15, -0.1) is 5.10 Å². The van der Waals surface area contributed by atoms with Crippen molar-refractivity contribution in [2.24, 2.45) is 0 Å². The Hall–Kier alpha value is -4.07. The molecule has 0 aliphatic heterocycles. The van der Waals surface area contributed by atoms with Crippen LogP contribution in [-0.2, 0) is 0 Å². The second-order valence-electron chi connectivity index (χ2n) is 6.79. The van der Waals surface area contributed by atoms with E-state index in [9.17, 15) is 4.79 Å². The first-order chi connectivity index (χ1) is 14.1. The van der Waals surface area contributed by atoms with Crippen molar-refractivity contribution in [3.8, 4) is 5.69 Å². The number of anilines is 1. The molecule has 8 nitrogen and oxygen atoms in total. The zero-order valence-corrected chi connectivity index (χ0v) is 15.9. The largest absolute Gasteiger partial charge is 0.319 e. The number of fused-ring (bicyclic) bond motifs is 2. The first-order valence-corrected chi connectivity index (χ1v) is 9.13. The first kappa shape index (κ1) is 17.1. The molecule has 8 heteroatoms. The molecule has 142 valence electrons. The summed E-state index contributed by atoms with van der Waals surface area (Å²) in [5.74, 6) is 0.110. The fourth-order valence-corrected chi connectivity index (χ4v) is 3.32. The number of hydrogen-bond acceptors (Lipinski definition) is 5. The number of nitrogens with one attached hydrogen (secondary N) is 1. The number of rotatable bonds is 3. The highest BCUT2D eigenvalue weighted by atomic mass is 16.2. The monoisotopic (exact) mass is 383 g/mol. The summed E-state index contributed by atoms with van der Waals surface area (Å²) in [6.07, 6.45) is 1.79. The Morgan fingerprint density at radius 3 is 2.62 bits per heavy atom. The number of benzene rings is 2. The maximum Gasteiger partial charge on any atom is 0.295 e. The minimum Gasteiger partial charge on any atom is -0.319 e. The predicted octanol–water partition coefficient (Wildman–Crippen LogP) is 3.33. The Balaban J connectivity index is 1.40. The van der Waals surface area contributed by atoms with E-state index >= 15 is 0 Å². The van der Waals surface area contributed by atoms with Crippen molar-refractivity contribution >= 4 is 28.4 Å². The standard InChI is InChI=1S/C21H17N7O/c1-13-11-14(2)28-21(23-13)25-19(26-28)20(29)24-15-7-9-16(10-8-15)27-12-22-17-5-3-4-6-18(17)27/h3-12H,1-2H3,(H,24,29). The van der Waals surface area contributed by atoms with Crippen LogP contribution < -0.4 is 5.32 Å². The number of carbonyl (C=O) groups excluding carboxylic acids is 1. The van der Waals surface area contributed by atoms with E-state index < -0.39 is 0 Å². The number of aryl methyl sites for hydroxylation is 2. The van der Waals surface area contributed by atoms with Crippen LogP contribution in [0.4, 0.5) is 5.69 Å². The average Bonchev–Trinajstić information content (AvgIpc) is 3.33. The summed E-state index contributed by atoms with van der Waals surface area (Å²) in [5, 5.41) is 7.09. The third kappa shape index (κ3) is 3.00. The smallest absolute Gasteiger partial charge is 0.295 e. The Labute approximate surface area is 165 Å². The van der Waals surface area contributed by atoms with Gasteiger partial charge in [-0.1, -0.05) is 12.1 Å². The number of carbonyl (C=O) groups is 1. The van der Waals surface area contributed by atoms with Gasteiger partial charge < -0.3 is 5.32 Å². The van der Waals surface area contributed by atoms with Crippen LogP contribution in [0.3, 0.4) is 0 Å². The van der Waals surface area contributed by atoms with E-state index in [0.717, 1.165) is 28.1 Å². The summed E-state index contributed by atoms with van der Waals surface area (Å²) in [6, 6.07) is 17.4. The lowest BCUT2D eigenvalue weighted by Crippen LogP contribution is -2.14. The van der Waals surface area contributed by atoms with Gasteiger partial charge in [-0.2, -0.15) is 4.98 Å². The van der Waals surface area contributed by atoms with E-state index in [1.165, 1.54) is 0 Å². The highest BCUT2D eigenvalue weighted by Gasteiger charge is 2.15. The van der Waals surface area contributed by atoms with E-state index in [0.29, 0.717) is 11.5 Å². The summed E-state index contributed by atoms with van der Waals surface area (Å²) < 4.78 is 3.57. The lowest BCUT2D eigenvalue weighted by Gasteiger charge is -2.07. The first-order valence-electron chi connectivity index (χ1n) is 9.13. The van der Waals surface area contributed by atoms with Gasteiger partial charge in [-0.25, -0.2) is 14.5 Å². The lowest BCUT2D eigenvalue weighted by molar-refractivity contribution is 0.101. The van der Waals surface area contributed by atoms with Crippen LogP contribution >= 0.6 is 0 Å². The van der Waals surface area contributed by atoms with Gasteiger partial charge in [0.15, 0.2) is 0 Å². The molecule has 5 aromatic rings. The minimum absolute atomic E-state index is 0.0795. The molecule has 0 saturated carbocycles. The molecule has 0 radical (unpaired) electrons.